The number of fused-ring (bicyclic) bond motifs is 2. The molecule has 7 heteroatoms. The van der Waals surface area contributed by atoms with E-state index >= 15 is 0 Å². The van der Waals surface area contributed by atoms with Gasteiger partial charge in [-0.2, -0.15) is 0 Å². The van der Waals surface area contributed by atoms with Crippen molar-refractivity contribution in [2.45, 2.75) is 0 Å². The third-order valence-electron chi connectivity index (χ3n) is 6.81. The van der Waals surface area contributed by atoms with Gasteiger partial charge in [0.05, 0.1) is 33.0 Å². The molecule has 0 amide bonds. The van der Waals surface area contributed by atoms with Crippen molar-refractivity contribution in [2.75, 3.05) is 14.2 Å². The first-order chi connectivity index (χ1) is 18.9. The summed E-state index contributed by atoms with van der Waals surface area (Å²) in [7, 11) is 3.20. The van der Waals surface area contributed by atoms with Crippen molar-refractivity contribution in [3.05, 3.63) is 137 Å². The van der Waals surface area contributed by atoms with Crippen LogP contribution in [0.5, 0.6) is 11.5 Å². The lowest BCUT2D eigenvalue weighted by Crippen LogP contribution is -2.01. The van der Waals surface area contributed by atoms with Crippen LogP contribution in [0, 0.1) is 0 Å². The minimum atomic E-state index is -0.125. The summed E-state index contributed by atoms with van der Waals surface area (Å²) in [6.07, 6.45) is 0. The minimum absolute atomic E-state index is 0.125. The average Bonchev–Trinajstić information content (AvgIpc) is 3.38. The first-order valence-electron chi connectivity index (χ1n) is 12.0. The summed E-state index contributed by atoms with van der Waals surface area (Å²) in [5.41, 5.74) is 6.06. The Hall–Kier alpha value is -3.39. The summed E-state index contributed by atoms with van der Waals surface area (Å²) < 4.78 is 12.5. The van der Waals surface area contributed by atoms with Gasteiger partial charge in [-0.05, 0) is 78.4 Å². The van der Waals surface area contributed by atoms with E-state index in [4.69, 9.17) is 9.47 Å². The predicted octanol–water partition coefficient (Wildman–Crippen LogP) is 8.57. The number of carbonyl (C=O) groups excluding carboxylic acids is 2. The number of benzene rings is 4. The van der Waals surface area contributed by atoms with Crippen LogP contribution in [0.1, 0.15) is 43.0 Å². The number of hydrogen-bond donors (Lipinski definition) is 0. The molecule has 0 aromatic heterocycles. The number of allylic oxidation sites excluding steroid dienone is 2. The lowest BCUT2D eigenvalue weighted by Gasteiger charge is -2.12. The van der Waals surface area contributed by atoms with Gasteiger partial charge in [0, 0.05) is 22.3 Å². The van der Waals surface area contributed by atoms with Crippen molar-refractivity contribution in [3.8, 4) is 11.5 Å². The summed E-state index contributed by atoms with van der Waals surface area (Å²) in [5, 5.41) is 0. The van der Waals surface area contributed by atoms with E-state index in [1.54, 1.807) is 26.4 Å². The van der Waals surface area contributed by atoms with Crippen LogP contribution in [0.3, 0.4) is 0 Å². The van der Waals surface area contributed by atoms with Crippen molar-refractivity contribution in [1.82, 2.24) is 0 Å². The molecule has 4 nitrogen and oxygen atoms in total. The van der Waals surface area contributed by atoms with Crippen LogP contribution in [0.25, 0.3) is 11.1 Å². The molecule has 2 aliphatic rings. The lowest BCUT2D eigenvalue weighted by molar-refractivity contribution is 0.104. The molecule has 6 rings (SSSR count). The SMILES string of the molecule is COc1cc2c(cc1Br)C(=O)C(SC1=C(c3ccccc3)c3cc(OC)c(Br)cc3C1=O)=C2c1ccccc1. The third kappa shape index (κ3) is 4.29. The van der Waals surface area contributed by atoms with Gasteiger partial charge in [-0.15, -0.1) is 0 Å². The number of Topliss-reactive ketones (excluding diaryl/α,β-unsaturated/α-hetero) is 2. The van der Waals surface area contributed by atoms with Gasteiger partial charge in [0.2, 0.25) is 11.6 Å². The molecule has 4 aromatic carbocycles. The fourth-order valence-electron chi connectivity index (χ4n) is 5.01. The molecule has 39 heavy (non-hydrogen) atoms. The Bertz CT molecular complexity index is 1610. The standard InChI is InChI=1S/C32H20Br2O4S/c1-37-25-15-19-21(13-23(25)33)29(35)31(27(19)17-9-5-3-6-10-17)39-32-28(18-11-7-4-8-12-18)20-16-26(38-2)24(34)14-22(20)30(32)36/h3-16H,1-2H3. The highest BCUT2D eigenvalue weighted by molar-refractivity contribution is 9.11. The number of ether oxygens (including phenoxy) is 2. The molecule has 0 atom stereocenters. The third-order valence-corrected chi connectivity index (χ3v) is 9.23. The van der Waals surface area contributed by atoms with Gasteiger partial charge in [-0.25, -0.2) is 0 Å². The highest BCUT2D eigenvalue weighted by Gasteiger charge is 2.38. The Morgan fingerprint density at radius 3 is 1.31 bits per heavy atom. The maximum Gasteiger partial charge on any atom is 0.201 e. The molecule has 0 radical (unpaired) electrons. The number of hydrogen-bond acceptors (Lipinski definition) is 5. The molecule has 4 aromatic rings. The number of halogens is 2. The Morgan fingerprint density at radius 2 is 0.949 bits per heavy atom. The van der Waals surface area contributed by atoms with Crippen LogP contribution in [-0.2, 0) is 0 Å². The van der Waals surface area contributed by atoms with Crippen molar-refractivity contribution in [1.29, 1.82) is 0 Å². The molecular weight excluding hydrogens is 640 g/mol. The zero-order valence-electron chi connectivity index (χ0n) is 20.9. The van der Waals surface area contributed by atoms with E-state index in [9.17, 15) is 9.59 Å². The monoisotopic (exact) mass is 658 g/mol. The van der Waals surface area contributed by atoms with E-state index in [2.05, 4.69) is 31.9 Å². The van der Waals surface area contributed by atoms with E-state index in [-0.39, 0.29) is 11.6 Å². The maximum absolute atomic E-state index is 14.0. The first kappa shape index (κ1) is 25.9. The summed E-state index contributed by atoms with van der Waals surface area (Å²) in [6, 6.07) is 26.9. The predicted molar refractivity (Wildman–Crippen MR) is 163 cm³/mol. The lowest BCUT2D eigenvalue weighted by atomic mass is 9.99. The molecular formula is C32H20Br2O4S. The second kappa shape index (κ2) is 10.3. The van der Waals surface area contributed by atoms with Crippen molar-refractivity contribution in [3.63, 3.8) is 0 Å². The fourth-order valence-corrected chi connectivity index (χ4v) is 7.28. The normalized spacial score (nSPS) is 14.2. The molecule has 0 aliphatic heterocycles. The van der Waals surface area contributed by atoms with Gasteiger partial charge in [-0.3, -0.25) is 9.59 Å². The van der Waals surface area contributed by atoms with E-state index in [1.165, 1.54) is 11.8 Å². The topological polar surface area (TPSA) is 52.6 Å². The smallest absolute Gasteiger partial charge is 0.201 e. The summed E-state index contributed by atoms with van der Waals surface area (Å²) in [4.78, 5) is 29.0. The second-order valence-electron chi connectivity index (χ2n) is 8.97. The van der Waals surface area contributed by atoms with Gasteiger partial charge in [-0.1, -0.05) is 72.4 Å². The Morgan fingerprint density at radius 1 is 0.564 bits per heavy atom. The van der Waals surface area contributed by atoms with Crippen LogP contribution < -0.4 is 9.47 Å². The van der Waals surface area contributed by atoms with Crippen LogP contribution in [0.2, 0.25) is 0 Å². The van der Waals surface area contributed by atoms with Crippen molar-refractivity contribution in [2.24, 2.45) is 0 Å². The molecule has 0 saturated heterocycles. The van der Waals surface area contributed by atoms with Crippen LogP contribution >= 0.6 is 43.6 Å². The summed E-state index contributed by atoms with van der Waals surface area (Å²) in [6.45, 7) is 0. The number of rotatable bonds is 6. The Balaban J connectivity index is 1.60. The largest absolute Gasteiger partial charge is 0.496 e. The molecule has 0 saturated carbocycles. The Kier molecular flexibility index (Phi) is 6.83. The van der Waals surface area contributed by atoms with Crippen LogP contribution in [-0.4, -0.2) is 25.8 Å². The molecule has 0 bridgehead atoms. The molecule has 192 valence electrons. The highest BCUT2D eigenvalue weighted by Crippen LogP contribution is 2.52. The highest BCUT2D eigenvalue weighted by atomic mass is 79.9. The molecule has 2 aliphatic carbocycles. The number of thioether (sulfide) groups is 1. The zero-order chi connectivity index (χ0) is 27.3. The first-order valence-corrected chi connectivity index (χ1v) is 14.5. The fraction of sp³-hybridized carbons (Fsp3) is 0.0625. The van der Waals surface area contributed by atoms with Crippen molar-refractivity contribution >= 4 is 66.3 Å². The zero-order valence-corrected chi connectivity index (χ0v) is 24.9. The van der Waals surface area contributed by atoms with Gasteiger partial charge in [0.1, 0.15) is 11.5 Å². The van der Waals surface area contributed by atoms with E-state index in [1.807, 2.05) is 72.8 Å². The summed E-state index contributed by atoms with van der Waals surface area (Å²) in [5.74, 6) is 1.01. The second-order valence-corrected chi connectivity index (χ2v) is 11.7. The number of carbonyl (C=O) groups is 2. The average molecular weight is 660 g/mol. The maximum atomic E-state index is 14.0. The van der Waals surface area contributed by atoms with Crippen molar-refractivity contribution < 1.29 is 19.1 Å². The van der Waals surface area contributed by atoms with Gasteiger partial charge in [0.15, 0.2) is 0 Å². The summed E-state index contributed by atoms with van der Waals surface area (Å²) >= 11 is 8.29. The van der Waals surface area contributed by atoms with E-state index in [0.717, 1.165) is 33.4 Å². The number of methoxy groups -OCH3 is 2. The van der Waals surface area contributed by atoms with Gasteiger partial charge in [0.25, 0.3) is 0 Å². The minimum Gasteiger partial charge on any atom is -0.496 e. The Labute approximate surface area is 247 Å². The molecule has 0 heterocycles. The van der Waals surface area contributed by atoms with Crippen LogP contribution in [0.4, 0.5) is 0 Å². The van der Waals surface area contributed by atoms with Gasteiger partial charge >= 0.3 is 0 Å². The quantitative estimate of drug-likeness (QED) is 0.208. The number of ketones is 2. The molecule has 0 spiro atoms. The van der Waals surface area contributed by atoms with E-state index < -0.39 is 0 Å². The van der Waals surface area contributed by atoms with Gasteiger partial charge < -0.3 is 9.47 Å². The van der Waals surface area contributed by atoms with E-state index in [0.29, 0.717) is 41.4 Å². The van der Waals surface area contributed by atoms with Crippen LogP contribution in [0.15, 0.2) is 104 Å². The molecule has 0 N–H and O–H groups in total. The molecule has 0 fully saturated rings. The molecule has 0 unspecified atom stereocenters.